The molecular formula is C20H20N2O3S. The van der Waals surface area contributed by atoms with E-state index in [9.17, 15) is 8.42 Å². The summed E-state index contributed by atoms with van der Waals surface area (Å²) >= 11 is 0. The Kier molecular flexibility index (Phi) is 4.30. The smallest absolute Gasteiger partial charge is 0.243 e. The van der Waals surface area contributed by atoms with Crippen molar-refractivity contribution in [3.8, 4) is 5.75 Å². The molecule has 0 bridgehead atoms. The fourth-order valence-electron chi connectivity index (χ4n) is 3.35. The van der Waals surface area contributed by atoms with E-state index in [0.29, 0.717) is 30.2 Å². The zero-order valence-corrected chi connectivity index (χ0v) is 15.3. The number of fused-ring (bicyclic) bond motifs is 1. The van der Waals surface area contributed by atoms with Crippen molar-refractivity contribution in [3.63, 3.8) is 0 Å². The average molecular weight is 368 g/mol. The highest BCUT2D eigenvalue weighted by Gasteiger charge is 2.26. The van der Waals surface area contributed by atoms with E-state index in [0.717, 1.165) is 11.1 Å². The van der Waals surface area contributed by atoms with Crippen molar-refractivity contribution in [2.75, 3.05) is 20.2 Å². The number of H-pyrrole nitrogens is 1. The van der Waals surface area contributed by atoms with Gasteiger partial charge in [0, 0.05) is 35.8 Å². The van der Waals surface area contributed by atoms with Gasteiger partial charge in [-0.2, -0.15) is 4.31 Å². The Morgan fingerprint density at radius 2 is 1.85 bits per heavy atom. The van der Waals surface area contributed by atoms with E-state index in [1.165, 1.54) is 15.3 Å². The summed E-state index contributed by atoms with van der Waals surface area (Å²) in [6, 6.07) is 14.7. The minimum absolute atomic E-state index is 0.294. The summed E-state index contributed by atoms with van der Waals surface area (Å²) in [5, 5.41) is 1.17. The molecule has 0 saturated carbocycles. The summed E-state index contributed by atoms with van der Waals surface area (Å²) in [5.41, 5.74) is 3.43. The molecule has 2 heterocycles. The van der Waals surface area contributed by atoms with Gasteiger partial charge in [0.25, 0.3) is 0 Å². The lowest BCUT2D eigenvalue weighted by atomic mass is 10.00. The van der Waals surface area contributed by atoms with Crippen molar-refractivity contribution in [1.29, 1.82) is 0 Å². The molecule has 1 aliphatic rings. The Labute approximate surface area is 153 Å². The summed E-state index contributed by atoms with van der Waals surface area (Å²) in [7, 11) is -1.94. The highest BCUT2D eigenvalue weighted by Crippen LogP contribution is 2.31. The zero-order chi connectivity index (χ0) is 18.1. The topological polar surface area (TPSA) is 62.4 Å². The Hall–Kier alpha value is -2.57. The Morgan fingerprint density at radius 3 is 2.54 bits per heavy atom. The molecule has 3 aromatic rings. The monoisotopic (exact) mass is 368 g/mol. The van der Waals surface area contributed by atoms with Crippen molar-refractivity contribution in [2.45, 2.75) is 11.3 Å². The van der Waals surface area contributed by atoms with Gasteiger partial charge in [-0.05, 0) is 42.3 Å². The Balaban J connectivity index is 1.58. The van der Waals surface area contributed by atoms with Gasteiger partial charge in [0.15, 0.2) is 0 Å². The minimum Gasteiger partial charge on any atom is -0.497 e. The number of aromatic amines is 1. The summed E-state index contributed by atoms with van der Waals surface area (Å²) in [6.07, 6.45) is 4.71. The molecule has 0 unspecified atom stereocenters. The van der Waals surface area contributed by atoms with Gasteiger partial charge in [0.1, 0.15) is 5.75 Å². The van der Waals surface area contributed by atoms with Crippen LogP contribution in [0, 0.1) is 0 Å². The van der Waals surface area contributed by atoms with Crippen LogP contribution >= 0.6 is 0 Å². The number of sulfonamides is 1. The van der Waals surface area contributed by atoms with Crippen LogP contribution in [0.15, 0.2) is 65.7 Å². The zero-order valence-electron chi connectivity index (χ0n) is 14.5. The van der Waals surface area contributed by atoms with Crippen LogP contribution in [0.3, 0.4) is 0 Å². The Bertz CT molecular complexity index is 1070. The number of aromatic nitrogens is 1. The van der Waals surface area contributed by atoms with Crippen LogP contribution in [0.25, 0.3) is 16.5 Å². The van der Waals surface area contributed by atoms with Crippen LogP contribution in [0.4, 0.5) is 0 Å². The lowest BCUT2D eigenvalue weighted by Gasteiger charge is -2.26. The van der Waals surface area contributed by atoms with Crippen LogP contribution in [-0.4, -0.2) is 37.9 Å². The number of benzene rings is 2. The van der Waals surface area contributed by atoms with Gasteiger partial charge in [0.05, 0.1) is 12.0 Å². The summed E-state index contributed by atoms with van der Waals surface area (Å²) < 4.78 is 32.3. The molecule has 134 valence electrons. The molecule has 6 heteroatoms. The molecule has 0 radical (unpaired) electrons. The van der Waals surface area contributed by atoms with Gasteiger partial charge in [-0.3, -0.25) is 0 Å². The molecular weight excluding hydrogens is 348 g/mol. The quantitative estimate of drug-likeness (QED) is 0.764. The third-order valence-corrected chi connectivity index (χ3v) is 6.68. The lowest BCUT2D eigenvalue weighted by Crippen LogP contribution is -2.34. The van der Waals surface area contributed by atoms with Gasteiger partial charge in [-0.25, -0.2) is 8.42 Å². The van der Waals surface area contributed by atoms with E-state index in [2.05, 4.69) is 11.1 Å². The fraction of sp³-hybridized carbons (Fsp3) is 0.200. The van der Waals surface area contributed by atoms with Crippen LogP contribution in [0.1, 0.15) is 12.0 Å². The van der Waals surface area contributed by atoms with Crippen LogP contribution in [0.2, 0.25) is 0 Å². The van der Waals surface area contributed by atoms with E-state index in [-0.39, 0.29) is 0 Å². The molecule has 1 aliphatic heterocycles. The van der Waals surface area contributed by atoms with Crippen molar-refractivity contribution in [1.82, 2.24) is 9.29 Å². The van der Waals surface area contributed by atoms with E-state index in [1.54, 1.807) is 31.4 Å². The van der Waals surface area contributed by atoms with Crippen molar-refractivity contribution < 1.29 is 13.2 Å². The molecule has 5 nitrogen and oxygen atoms in total. The Morgan fingerprint density at radius 1 is 1.08 bits per heavy atom. The number of hydrogen-bond donors (Lipinski definition) is 1. The first-order valence-corrected chi connectivity index (χ1v) is 9.93. The maximum Gasteiger partial charge on any atom is 0.243 e. The van der Waals surface area contributed by atoms with E-state index in [1.807, 2.05) is 30.5 Å². The van der Waals surface area contributed by atoms with Crippen LogP contribution in [0.5, 0.6) is 5.75 Å². The van der Waals surface area contributed by atoms with Crippen molar-refractivity contribution >= 4 is 26.5 Å². The standard InChI is InChI=1S/C20H20N2O3S/c1-25-16-6-8-17(9-7-16)26(23,24)22-12-10-15(11-13-22)19-14-21-20-5-3-2-4-18(19)20/h2-10,14,21H,11-13H2,1H3. The van der Waals surface area contributed by atoms with Crippen molar-refractivity contribution in [2.24, 2.45) is 0 Å². The molecule has 0 saturated heterocycles. The maximum atomic E-state index is 12.8. The molecule has 0 amide bonds. The first-order valence-electron chi connectivity index (χ1n) is 8.49. The molecule has 26 heavy (non-hydrogen) atoms. The van der Waals surface area contributed by atoms with Crippen molar-refractivity contribution in [3.05, 3.63) is 66.4 Å². The van der Waals surface area contributed by atoms with Crippen LogP contribution in [-0.2, 0) is 10.0 Å². The predicted molar refractivity (Wildman–Crippen MR) is 103 cm³/mol. The molecule has 0 atom stereocenters. The van der Waals surface area contributed by atoms with Gasteiger partial charge in [-0.15, -0.1) is 0 Å². The van der Waals surface area contributed by atoms with E-state index in [4.69, 9.17) is 4.74 Å². The molecule has 4 rings (SSSR count). The summed E-state index contributed by atoms with van der Waals surface area (Å²) in [6.45, 7) is 0.850. The van der Waals surface area contributed by atoms with Gasteiger partial charge >= 0.3 is 0 Å². The molecule has 2 aromatic carbocycles. The van der Waals surface area contributed by atoms with E-state index >= 15 is 0 Å². The van der Waals surface area contributed by atoms with Gasteiger partial charge < -0.3 is 9.72 Å². The normalized spacial score (nSPS) is 15.8. The number of para-hydroxylation sites is 1. The number of methoxy groups -OCH3 is 1. The van der Waals surface area contributed by atoms with Gasteiger partial charge in [0.2, 0.25) is 10.0 Å². The molecule has 1 N–H and O–H groups in total. The highest BCUT2D eigenvalue weighted by atomic mass is 32.2. The molecule has 0 spiro atoms. The highest BCUT2D eigenvalue weighted by molar-refractivity contribution is 7.89. The molecule has 1 aromatic heterocycles. The predicted octanol–water partition coefficient (Wildman–Crippen LogP) is 3.65. The van der Waals surface area contributed by atoms with Gasteiger partial charge in [-0.1, -0.05) is 24.3 Å². The fourth-order valence-corrected chi connectivity index (χ4v) is 4.73. The third kappa shape index (κ3) is 2.91. The second kappa shape index (κ2) is 6.63. The second-order valence-corrected chi connectivity index (χ2v) is 8.20. The number of nitrogens with one attached hydrogen (secondary N) is 1. The minimum atomic E-state index is -3.50. The van der Waals surface area contributed by atoms with Crippen LogP contribution < -0.4 is 4.74 Å². The summed E-state index contributed by atoms with van der Waals surface area (Å²) in [5.74, 6) is 0.643. The number of hydrogen-bond acceptors (Lipinski definition) is 3. The molecule has 0 fully saturated rings. The lowest BCUT2D eigenvalue weighted by molar-refractivity contribution is 0.414. The second-order valence-electron chi connectivity index (χ2n) is 6.27. The average Bonchev–Trinajstić information content (AvgIpc) is 3.12. The number of rotatable bonds is 4. The summed E-state index contributed by atoms with van der Waals surface area (Å²) in [4.78, 5) is 3.57. The third-order valence-electron chi connectivity index (χ3n) is 4.80. The SMILES string of the molecule is COc1ccc(S(=O)(=O)N2CC=C(c3c[nH]c4ccccc34)CC2)cc1. The van der Waals surface area contributed by atoms with E-state index < -0.39 is 10.0 Å². The number of nitrogens with zero attached hydrogens (tertiary/aromatic N) is 1. The first kappa shape index (κ1) is 16.9. The number of ether oxygens (including phenoxy) is 1. The molecule has 0 aliphatic carbocycles. The first-order chi connectivity index (χ1) is 12.6. The largest absolute Gasteiger partial charge is 0.497 e. The maximum absolute atomic E-state index is 12.8.